The topological polar surface area (TPSA) is 41.6 Å². The maximum absolute atomic E-state index is 12.2. The van der Waals surface area contributed by atoms with Crippen LogP contribution in [-0.4, -0.2) is 50.7 Å². The molecule has 1 saturated heterocycles. The van der Waals surface area contributed by atoms with Crippen LogP contribution >= 0.6 is 0 Å². The zero-order valence-corrected chi connectivity index (χ0v) is 12.2. The molecular weight excluding hydrogens is 228 g/mol. The van der Waals surface area contributed by atoms with Gasteiger partial charge in [-0.3, -0.25) is 4.79 Å². The molecule has 1 amide bonds. The van der Waals surface area contributed by atoms with Gasteiger partial charge in [0.25, 0.3) is 0 Å². The quantitative estimate of drug-likeness (QED) is 0.783. The molecule has 0 aromatic rings. The van der Waals surface area contributed by atoms with Gasteiger partial charge in [0.15, 0.2) is 0 Å². The average Bonchev–Trinajstić information content (AvgIpc) is 2.39. The summed E-state index contributed by atoms with van der Waals surface area (Å²) in [5.41, 5.74) is 0. The first-order valence-corrected chi connectivity index (χ1v) is 7.01. The normalized spacial score (nSPS) is 23.4. The van der Waals surface area contributed by atoms with Crippen molar-refractivity contribution in [3.8, 4) is 0 Å². The SMILES string of the molecule is COCC(C)N(C)C(=O)CC(C)C1CCCNC1. The second-order valence-electron chi connectivity index (χ2n) is 5.60. The van der Waals surface area contributed by atoms with Crippen molar-refractivity contribution in [1.82, 2.24) is 10.2 Å². The second kappa shape index (κ2) is 7.74. The van der Waals surface area contributed by atoms with E-state index in [1.807, 2.05) is 18.9 Å². The minimum Gasteiger partial charge on any atom is -0.383 e. The standard InChI is InChI=1S/C14H28N2O2/c1-11(13-6-5-7-15-9-13)8-14(17)16(3)12(2)10-18-4/h11-13,15H,5-10H2,1-4H3. The molecule has 1 fully saturated rings. The van der Waals surface area contributed by atoms with E-state index in [0.29, 0.717) is 24.9 Å². The van der Waals surface area contributed by atoms with Crippen LogP contribution in [0, 0.1) is 11.8 Å². The van der Waals surface area contributed by atoms with Crippen molar-refractivity contribution >= 4 is 5.91 Å². The third-order valence-corrected chi connectivity index (χ3v) is 4.10. The van der Waals surface area contributed by atoms with E-state index in [1.54, 1.807) is 7.11 Å². The number of hydrogen-bond donors (Lipinski definition) is 1. The second-order valence-corrected chi connectivity index (χ2v) is 5.60. The highest BCUT2D eigenvalue weighted by molar-refractivity contribution is 5.76. The summed E-state index contributed by atoms with van der Waals surface area (Å²) in [6, 6.07) is 0.152. The van der Waals surface area contributed by atoms with Crippen molar-refractivity contribution in [2.75, 3.05) is 33.9 Å². The number of ether oxygens (including phenoxy) is 1. The van der Waals surface area contributed by atoms with E-state index < -0.39 is 0 Å². The minimum atomic E-state index is 0.152. The van der Waals surface area contributed by atoms with Gasteiger partial charge >= 0.3 is 0 Å². The van der Waals surface area contributed by atoms with Crippen LogP contribution < -0.4 is 5.32 Å². The molecule has 18 heavy (non-hydrogen) atoms. The Balaban J connectivity index is 2.37. The summed E-state index contributed by atoms with van der Waals surface area (Å²) in [5.74, 6) is 1.34. The third-order valence-electron chi connectivity index (χ3n) is 4.10. The Morgan fingerprint density at radius 3 is 2.78 bits per heavy atom. The maximum Gasteiger partial charge on any atom is 0.222 e. The molecule has 0 spiro atoms. The highest BCUT2D eigenvalue weighted by atomic mass is 16.5. The Hall–Kier alpha value is -0.610. The van der Waals surface area contributed by atoms with Crippen molar-refractivity contribution in [2.24, 2.45) is 11.8 Å². The Morgan fingerprint density at radius 2 is 2.22 bits per heavy atom. The highest BCUT2D eigenvalue weighted by Crippen LogP contribution is 2.23. The van der Waals surface area contributed by atoms with Gasteiger partial charge < -0.3 is 15.0 Å². The van der Waals surface area contributed by atoms with E-state index in [4.69, 9.17) is 4.74 Å². The fraction of sp³-hybridized carbons (Fsp3) is 0.929. The van der Waals surface area contributed by atoms with Gasteiger partial charge in [-0.2, -0.15) is 0 Å². The van der Waals surface area contributed by atoms with Gasteiger partial charge in [0, 0.05) is 20.6 Å². The van der Waals surface area contributed by atoms with Gasteiger partial charge in [0.05, 0.1) is 12.6 Å². The van der Waals surface area contributed by atoms with Crippen LogP contribution in [-0.2, 0) is 9.53 Å². The Bertz CT molecular complexity index is 252. The lowest BCUT2D eigenvalue weighted by Crippen LogP contribution is -2.40. The van der Waals surface area contributed by atoms with Crippen molar-refractivity contribution < 1.29 is 9.53 Å². The summed E-state index contributed by atoms with van der Waals surface area (Å²) in [4.78, 5) is 14.0. The number of piperidine rings is 1. The summed E-state index contributed by atoms with van der Waals surface area (Å²) in [6.45, 7) is 7.01. The number of hydrogen-bond acceptors (Lipinski definition) is 3. The molecule has 0 saturated carbocycles. The molecule has 1 aliphatic heterocycles. The van der Waals surface area contributed by atoms with Crippen LogP contribution in [0.3, 0.4) is 0 Å². The summed E-state index contributed by atoms with van der Waals surface area (Å²) in [5, 5.41) is 3.42. The number of nitrogens with one attached hydrogen (secondary N) is 1. The third kappa shape index (κ3) is 4.58. The molecule has 0 aliphatic carbocycles. The van der Waals surface area contributed by atoms with Crippen molar-refractivity contribution in [2.45, 2.75) is 39.2 Å². The summed E-state index contributed by atoms with van der Waals surface area (Å²) < 4.78 is 5.09. The van der Waals surface area contributed by atoms with E-state index in [9.17, 15) is 4.79 Å². The molecule has 1 rings (SSSR count). The van der Waals surface area contributed by atoms with Crippen LogP contribution in [0.5, 0.6) is 0 Å². The predicted molar refractivity (Wildman–Crippen MR) is 73.5 cm³/mol. The number of rotatable bonds is 6. The van der Waals surface area contributed by atoms with Gasteiger partial charge in [-0.05, 0) is 44.7 Å². The van der Waals surface area contributed by atoms with Crippen LogP contribution in [0.15, 0.2) is 0 Å². The average molecular weight is 256 g/mol. The van der Waals surface area contributed by atoms with Gasteiger partial charge in [-0.15, -0.1) is 0 Å². The zero-order chi connectivity index (χ0) is 13.5. The molecule has 0 aromatic carbocycles. The lowest BCUT2D eigenvalue weighted by Gasteiger charge is -2.30. The van der Waals surface area contributed by atoms with Gasteiger partial charge in [0.2, 0.25) is 5.91 Å². The van der Waals surface area contributed by atoms with Crippen LogP contribution in [0.2, 0.25) is 0 Å². The van der Waals surface area contributed by atoms with Crippen molar-refractivity contribution in [3.63, 3.8) is 0 Å². The fourth-order valence-electron chi connectivity index (χ4n) is 2.55. The molecule has 1 heterocycles. The summed E-state index contributed by atoms with van der Waals surface area (Å²) in [7, 11) is 3.54. The van der Waals surface area contributed by atoms with Gasteiger partial charge in [0.1, 0.15) is 0 Å². The molecule has 4 nitrogen and oxygen atoms in total. The minimum absolute atomic E-state index is 0.152. The molecule has 3 unspecified atom stereocenters. The van der Waals surface area contributed by atoms with E-state index in [-0.39, 0.29) is 11.9 Å². The van der Waals surface area contributed by atoms with E-state index in [0.717, 1.165) is 13.1 Å². The van der Waals surface area contributed by atoms with Gasteiger partial charge in [-0.1, -0.05) is 6.92 Å². The zero-order valence-electron chi connectivity index (χ0n) is 12.2. The van der Waals surface area contributed by atoms with E-state index >= 15 is 0 Å². The Labute approximate surface area is 111 Å². The van der Waals surface area contributed by atoms with Gasteiger partial charge in [-0.25, -0.2) is 0 Å². The number of amides is 1. The predicted octanol–water partition coefficient (Wildman–Crippen LogP) is 1.51. The highest BCUT2D eigenvalue weighted by Gasteiger charge is 2.24. The first-order chi connectivity index (χ1) is 8.56. The molecule has 3 atom stereocenters. The lowest BCUT2D eigenvalue weighted by molar-refractivity contribution is -0.133. The summed E-state index contributed by atoms with van der Waals surface area (Å²) in [6.07, 6.45) is 3.13. The molecular formula is C14H28N2O2. The van der Waals surface area contributed by atoms with Crippen LogP contribution in [0.25, 0.3) is 0 Å². The molecule has 1 N–H and O–H groups in total. The number of likely N-dealkylation sites (N-methyl/N-ethyl adjacent to an activating group) is 1. The molecule has 106 valence electrons. The molecule has 0 aromatic heterocycles. The first kappa shape index (κ1) is 15.4. The molecule has 4 heteroatoms. The first-order valence-electron chi connectivity index (χ1n) is 7.01. The molecule has 0 radical (unpaired) electrons. The lowest BCUT2D eigenvalue weighted by atomic mass is 9.85. The van der Waals surface area contributed by atoms with Crippen molar-refractivity contribution in [3.05, 3.63) is 0 Å². The molecule has 0 bridgehead atoms. The smallest absolute Gasteiger partial charge is 0.222 e. The number of methoxy groups -OCH3 is 1. The largest absolute Gasteiger partial charge is 0.383 e. The fourth-order valence-corrected chi connectivity index (χ4v) is 2.55. The number of carbonyl (C=O) groups excluding carboxylic acids is 1. The van der Waals surface area contributed by atoms with Crippen LogP contribution in [0.1, 0.15) is 33.1 Å². The monoisotopic (exact) mass is 256 g/mol. The maximum atomic E-state index is 12.2. The summed E-state index contributed by atoms with van der Waals surface area (Å²) >= 11 is 0. The Morgan fingerprint density at radius 1 is 1.50 bits per heavy atom. The number of carbonyl (C=O) groups is 1. The number of nitrogens with zero attached hydrogens (tertiary/aromatic N) is 1. The molecule has 1 aliphatic rings. The van der Waals surface area contributed by atoms with Crippen LogP contribution in [0.4, 0.5) is 0 Å². The van der Waals surface area contributed by atoms with Crippen molar-refractivity contribution in [1.29, 1.82) is 0 Å². The van der Waals surface area contributed by atoms with E-state index in [2.05, 4.69) is 12.2 Å². The van der Waals surface area contributed by atoms with E-state index in [1.165, 1.54) is 12.8 Å². The Kier molecular flexibility index (Phi) is 6.65.